The zero-order valence-corrected chi connectivity index (χ0v) is 27.3. The van der Waals surface area contributed by atoms with Crippen LogP contribution in [0.5, 0.6) is 5.75 Å². The lowest BCUT2D eigenvalue weighted by atomic mass is 9.85. The van der Waals surface area contributed by atoms with E-state index < -0.39 is 27.4 Å². The van der Waals surface area contributed by atoms with Crippen molar-refractivity contribution >= 4 is 37.6 Å². The van der Waals surface area contributed by atoms with E-state index in [0.29, 0.717) is 56.2 Å². The van der Waals surface area contributed by atoms with Gasteiger partial charge in [0, 0.05) is 55.7 Å². The number of carbonyl (C=O) groups excluding carboxylic acids is 1. The van der Waals surface area contributed by atoms with Crippen LogP contribution in [0.3, 0.4) is 0 Å². The highest BCUT2D eigenvalue weighted by Gasteiger charge is 2.53. The first-order chi connectivity index (χ1) is 21.8. The van der Waals surface area contributed by atoms with E-state index in [1.165, 1.54) is 0 Å². The maximum absolute atomic E-state index is 14.3. The zero-order chi connectivity index (χ0) is 31.7. The Labute approximate surface area is 272 Å². The van der Waals surface area contributed by atoms with Crippen molar-refractivity contribution in [1.29, 1.82) is 0 Å². The number of halogens is 1. The molecule has 45 heavy (non-hydrogen) atoms. The maximum Gasteiger partial charge on any atom is 0.252 e. The fourth-order valence-electron chi connectivity index (χ4n) is 5.35. The van der Waals surface area contributed by atoms with E-state index in [1.54, 1.807) is 54.6 Å². The smallest absolute Gasteiger partial charge is 0.252 e. The minimum atomic E-state index is -3.74. The van der Waals surface area contributed by atoms with Crippen LogP contribution in [0.4, 0.5) is 0 Å². The van der Waals surface area contributed by atoms with E-state index in [1.807, 2.05) is 24.3 Å². The number of sulfone groups is 1. The predicted octanol–water partition coefficient (Wildman–Crippen LogP) is 3.78. The van der Waals surface area contributed by atoms with Crippen molar-refractivity contribution in [3.8, 4) is 5.75 Å². The molecule has 2 aliphatic heterocycles. The molecular formula is C33H38BrN3O7S. The van der Waals surface area contributed by atoms with Crippen molar-refractivity contribution in [3.05, 3.63) is 94.5 Å². The van der Waals surface area contributed by atoms with Crippen LogP contribution in [0.15, 0.2) is 93.2 Å². The van der Waals surface area contributed by atoms with Gasteiger partial charge in [0.15, 0.2) is 21.5 Å². The molecule has 2 heterocycles. The van der Waals surface area contributed by atoms with Crippen molar-refractivity contribution in [2.75, 3.05) is 58.4 Å². The molecule has 240 valence electrons. The number of aliphatic hydroxyl groups is 1. The lowest BCUT2D eigenvalue weighted by Gasteiger charge is -2.31. The van der Waals surface area contributed by atoms with Crippen LogP contribution < -0.4 is 10.1 Å². The van der Waals surface area contributed by atoms with E-state index in [9.17, 15) is 13.2 Å². The monoisotopic (exact) mass is 699 g/mol. The van der Waals surface area contributed by atoms with Gasteiger partial charge in [-0.25, -0.2) is 13.4 Å². The summed E-state index contributed by atoms with van der Waals surface area (Å²) >= 11 is 3.48. The SMILES string of the molecule is O=C(NCCN1CCOCC1)[C@]1(CCS(=O)(=O)c2ccccc2)N=C(c2ccc(OCCCO)cc2)O[C@@H]1c1ccc(Br)cc1. The van der Waals surface area contributed by atoms with Crippen molar-refractivity contribution < 1.29 is 32.5 Å². The van der Waals surface area contributed by atoms with Gasteiger partial charge in [0.05, 0.1) is 30.5 Å². The van der Waals surface area contributed by atoms with Crippen LogP contribution >= 0.6 is 15.9 Å². The topological polar surface area (TPSA) is 127 Å². The summed E-state index contributed by atoms with van der Waals surface area (Å²) in [6, 6.07) is 22.8. The molecule has 5 rings (SSSR count). The third kappa shape index (κ3) is 8.30. The van der Waals surface area contributed by atoms with Crippen LogP contribution in [-0.4, -0.2) is 94.1 Å². The summed E-state index contributed by atoms with van der Waals surface area (Å²) in [6.45, 7) is 4.27. The first-order valence-electron chi connectivity index (χ1n) is 15.0. The average molecular weight is 701 g/mol. The van der Waals surface area contributed by atoms with Crippen LogP contribution in [0.2, 0.25) is 0 Å². The van der Waals surface area contributed by atoms with E-state index in [4.69, 9.17) is 24.3 Å². The van der Waals surface area contributed by atoms with Crippen LogP contribution in [0.25, 0.3) is 0 Å². The largest absolute Gasteiger partial charge is 0.494 e. The summed E-state index contributed by atoms with van der Waals surface area (Å²) in [4.78, 5) is 21.6. The summed E-state index contributed by atoms with van der Waals surface area (Å²) < 4.78 is 45.4. The molecule has 3 aromatic rings. The predicted molar refractivity (Wildman–Crippen MR) is 174 cm³/mol. The van der Waals surface area contributed by atoms with Gasteiger partial charge in [-0.1, -0.05) is 46.3 Å². The number of nitrogens with zero attached hydrogens (tertiary/aromatic N) is 2. The zero-order valence-electron chi connectivity index (χ0n) is 24.9. The molecule has 2 aliphatic rings. The Morgan fingerprint density at radius 3 is 2.44 bits per heavy atom. The molecule has 0 radical (unpaired) electrons. The number of ether oxygens (including phenoxy) is 3. The molecule has 0 unspecified atom stereocenters. The molecular weight excluding hydrogens is 662 g/mol. The Bertz CT molecular complexity index is 1550. The second-order valence-electron chi connectivity index (χ2n) is 10.9. The van der Waals surface area contributed by atoms with Gasteiger partial charge in [0.25, 0.3) is 5.91 Å². The molecule has 1 saturated heterocycles. The summed E-state index contributed by atoms with van der Waals surface area (Å²) in [7, 11) is -3.74. The summed E-state index contributed by atoms with van der Waals surface area (Å²) in [5.41, 5.74) is -0.242. The molecule has 2 atom stereocenters. The molecule has 0 aliphatic carbocycles. The number of aliphatic hydroxyl groups excluding tert-OH is 1. The minimum Gasteiger partial charge on any atom is -0.494 e. The number of benzene rings is 3. The van der Waals surface area contributed by atoms with Gasteiger partial charge >= 0.3 is 0 Å². The first kappa shape index (κ1) is 33.1. The summed E-state index contributed by atoms with van der Waals surface area (Å²) in [5, 5.41) is 12.1. The highest BCUT2D eigenvalue weighted by molar-refractivity contribution is 9.10. The van der Waals surface area contributed by atoms with Gasteiger partial charge in [0.2, 0.25) is 5.90 Å². The second kappa shape index (κ2) is 15.3. The number of nitrogens with one attached hydrogen (secondary N) is 1. The van der Waals surface area contributed by atoms with E-state index >= 15 is 0 Å². The number of hydrogen-bond acceptors (Lipinski definition) is 9. The molecule has 10 nitrogen and oxygen atoms in total. The Balaban J connectivity index is 1.48. The highest BCUT2D eigenvalue weighted by atomic mass is 79.9. The molecule has 1 fully saturated rings. The van der Waals surface area contributed by atoms with Gasteiger partial charge in [0.1, 0.15) is 5.75 Å². The Hall–Kier alpha value is -3.29. The number of carbonyl (C=O) groups is 1. The van der Waals surface area contributed by atoms with Gasteiger partial charge in [-0.15, -0.1) is 0 Å². The third-order valence-electron chi connectivity index (χ3n) is 7.87. The quantitative estimate of drug-likeness (QED) is 0.244. The first-order valence-corrected chi connectivity index (χ1v) is 17.5. The molecule has 0 aromatic heterocycles. The van der Waals surface area contributed by atoms with Gasteiger partial charge in [-0.2, -0.15) is 0 Å². The average Bonchev–Trinajstić information content (AvgIpc) is 3.46. The van der Waals surface area contributed by atoms with Crippen LogP contribution in [0, 0.1) is 0 Å². The van der Waals surface area contributed by atoms with Crippen molar-refractivity contribution in [2.45, 2.75) is 29.4 Å². The number of hydrogen-bond donors (Lipinski definition) is 2. The third-order valence-corrected chi connectivity index (χ3v) is 10.1. The Morgan fingerprint density at radius 1 is 1.04 bits per heavy atom. The second-order valence-corrected chi connectivity index (χ2v) is 14.0. The van der Waals surface area contributed by atoms with Crippen molar-refractivity contribution in [2.24, 2.45) is 4.99 Å². The lowest BCUT2D eigenvalue weighted by Crippen LogP contribution is -2.51. The van der Waals surface area contributed by atoms with Gasteiger partial charge in [-0.05, 0) is 54.1 Å². The summed E-state index contributed by atoms with van der Waals surface area (Å²) in [5.74, 6) is 0.158. The van der Waals surface area contributed by atoms with E-state index in [0.717, 1.165) is 17.6 Å². The molecule has 3 aromatic carbocycles. The molecule has 0 bridgehead atoms. The Kier molecular flexibility index (Phi) is 11.3. The molecule has 1 amide bonds. The summed E-state index contributed by atoms with van der Waals surface area (Å²) in [6.07, 6.45) is -0.461. The molecule has 2 N–H and O–H groups in total. The number of morpholine rings is 1. The van der Waals surface area contributed by atoms with Crippen LogP contribution in [0.1, 0.15) is 30.1 Å². The minimum absolute atomic E-state index is 0.0385. The van der Waals surface area contributed by atoms with E-state index in [-0.39, 0.29) is 29.6 Å². The Morgan fingerprint density at radius 2 is 1.76 bits per heavy atom. The van der Waals surface area contributed by atoms with Crippen LogP contribution in [-0.2, 0) is 24.1 Å². The molecule has 0 saturated carbocycles. The fourth-order valence-corrected chi connectivity index (χ4v) is 7.00. The van der Waals surface area contributed by atoms with Crippen molar-refractivity contribution in [1.82, 2.24) is 10.2 Å². The normalized spacial score (nSPS) is 20.3. The lowest BCUT2D eigenvalue weighted by molar-refractivity contribution is -0.129. The fraction of sp³-hybridized carbons (Fsp3) is 0.394. The number of aliphatic imine (C=N–C) groups is 1. The number of amides is 1. The van der Waals surface area contributed by atoms with Gasteiger partial charge < -0.3 is 24.6 Å². The standard InChI is InChI=1S/C33H38BrN3O7S/c34-27-11-7-25(8-12-27)30-33(15-24-45(40,41)29-5-2-1-3-6-29,32(39)35-16-17-37-18-22-42-23-19-37)36-31(44-30)26-9-13-28(14-10-26)43-21-4-20-38/h1-3,5-14,30,38H,4,15-24H2,(H,35,39)/t30-,33-/m1/s1. The highest BCUT2D eigenvalue weighted by Crippen LogP contribution is 2.43. The van der Waals surface area contributed by atoms with Gasteiger partial charge in [-0.3, -0.25) is 9.69 Å². The molecule has 0 spiro atoms. The van der Waals surface area contributed by atoms with Crippen molar-refractivity contribution in [3.63, 3.8) is 0 Å². The number of rotatable bonds is 14. The van der Waals surface area contributed by atoms with E-state index in [2.05, 4.69) is 26.1 Å². The molecule has 12 heteroatoms. The maximum atomic E-state index is 14.3.